The number of anilines is 1. The number of aryl methyl sites for hydroxylation is 2. The fourth-order valence-corrected chi connectivity index (χ4v) is 5.30. The average Bonchev–Trinajstić information content (AvgIpc) is 3.08. The summed E-state index contributed by atoms with van der Waals surface area (Å²) in [5.74, 6) is -0.788. The van der Waals surface area contributed by atoms with Gasteiger partial charge in [0, 0.05) is 72.5 Å². The van der Waals surface area contributed by atoms with Crippen LogP contribution in [0.3, 0.4) is 0 Å². The number of carbonyl (C=O) groups is 1. The van der Waals surface area contributed by atoms with E-state index in [1.807, 2.05) is 24.0 Å². The number of benzene rings is 3. The lowest BCUT2D eigenvalue weighted by Crippen LogP contribution is -2.35. The smallest absolute Gasteiger partial charge is 0.263 e. The van der Waals surface area contributed by atoms with Gasteiger partial charge in [-0.2, -0.15) is 0 Å². The van der Waals surface area contributed by atoms with Crippen molar-refractivity contribution in [3.8, 4) is 22.9 Å². The van der Waals surface area contributed by atoms with E-state index in [0.29, 0.717) is 41.3 Å². The molecule has 0 unspecified atom stereocenters. The van der Waals surface area contributed by atoms with Crippen molar-refractivity contribution >= 4 is 32.6 Å². The van der Waals surface area contributed by atoms with Crippen molar-refractivity contribution in [2.45, 2.75) is 26.2 Å². The first-order valence-electron chi connectivity index (χ1n) is 15.9. The molecular weight excluding hydrogens is 684 g/mol. The standard InChI is InChI=1S/C36H36F2N3O5.CH4O3S/c1-5-40(27-17-25(37)16-26(38)18-27)36(43)33-23-41(34-22-29(44-3)9-10-32(34)35(33)42)28-19-30(45-4)21-31(20-28)46-15-7-6-8-24-11-13-39(2)14-12-24;1-5(2,3)4/h9-14,16-23H,5-8,15H2,1-4H3;1H3,(H,2,3,4)/q+1;/p-1. The van der Waals surface area contributed by atoms with Gasteiger partial charge in [0.25, 0.3) is 5.91 Å². The molecule has 0 aliphatic rings. The van der Waals surface area contributed by atoms with E-state index in [9.17, 15) is 18.4 Å². The number of aromatic nitrogens is 2. The first-order valence-corrected chi connectivity index (χ1v) is 17.7. The Morgan fingerprint density at radius 1 is 0.902 bits per heavy atom. The predicted octanol–water partition coefficient (Wildman–Crippen LogP) is 5.34. The minimum absolute atomic E-state index is 0.00381. The normalized spacial score (nSPS) is 11.1. The largest absolute Gasteiger partial charge is 0.748 e. The lowest BCUT2D eigenvalue weighted by Gasteiger charge is -2.22. The molecule has 14 heteroatoms. The van der Waals surface area contributed by atoms with E-state index in [4.69, 9.17) is 27.2 Å². The molecule has 2 aromatic heterocycles. The van der Waals surface area contributed by atoms with Crippen molar-refractivity contribution in [3.05, 3.63) is 118 Å². The fraction of sp³-hybridized carbons (Fsp3) is 0.270. The van der Waals surface area contributed by atoms with Gasteiger partial charge in [-0.25, -0.2) is 21.8 Å². The number of nitrogens with zero attached hydrogens (tertiary/aromatic N) is 3. The van der Waals surface area contributed by atoms with Crippen LogP contribution in [0.4, 0.5) is 14.5 Å². The van der Waals surface area contributed by atoms with E-state index in [1.165, 1.54) is 18.9 Å². The molecule has 3 aromatic carbocycles. The molecule has 270 valence electrons. The quantitative estimate of drug-likeness (QED) is 0.0959. The van der Waals surface area contributed by atoms with Crippen molar-refractivity contribution < 1.29 is 45.3 Å². The molecule has 0 N–H and O–H groups in total. The molecule has 1 amide bonds. The first kappa shape index (κ1) is 38.5. The maximum absolute atomic E-state index is 14.1. The number of halogens is 2. The molecule has 0 radical (unpaired) electrons. The van der Waals surface area contributed by atoms with E-state index in [2.05, 4.69) is 12.1 Å². The number of methoxy groups -OCH3 is 2. The Bertz CT molecular complexity index is 2150. The van der Waals surface area contributed by atoms with Crippen molar-refractivity contribution in [1.29, 1.82) is 0 Å². The van der Waals surface area contributed by atoms with Gasteiger partial charge in [-0.3, -0.25) is 9.59 Å². The summed E-state index contributed by atoms with van der Waals surface area (Å²) in [7, 11) is 1.13. The van der Waals surface area contributed by atoms with Crippen LogP contribution in [0.2, 0.25) is 0 Å². The highest BCUT2D eigenvalue weighted by Gasteiger charge is 2.24. The Hall–Kier alpha value is -5.34. The van der Waals surface area contributed by atoms with Gasteiger partial charge in [0.1, 0.15) is 41.5 Å². The minimum Gasteiger partial charge on any atom is -0.748 e. The monoisotopic (exact) mass is 723 g/mol. The summed E-state index contributed by atoms with van der Waals surface area (Å²) in [6, 6.07) is 17.3. The number of carbonyl (C=O) groups excluding carboxylic acids is 1. The highest BCUT2D eigenvalue weighted by Crippen LogP contribution is 2.30. The second-order valence-electron chi connectivity index (χ2n) is 11.6. The lowest BCUT2D eigenvalue weighted by molar-refractivity contribution is -0.671. The van der Waals surface area contributed by atoms with Gasteiger partial charge in [-0.05, 0) is 56.0 Å². The number of amides is 1. The van der Waals surface area contributed by atoms with Gasteiger partial charge in [-0.15, -0.1) is 0 Å². The number of unbranched alkanes of at least 4 members (excludes halogenated alkanes) is 1. The molecule has 0 aliphatic carbocycles. The van der Waals surface area contributed by atoms with Crippen LogP contribution in [0.25, 0.3) is 16.6 Å². The molecule has 51 heavy (non-hydrogen) atoms. The molecule has 0 saturated carbocycles. The molecular formula is C37H39F2N3O8S. The number of fused-ring (bicyclic) bond motifs is 1. The molecule has 5 rings (SSSR count). The van der Waals surface area contributed by atoms with Crippen LogP contribution in [0.15, 0.2) is 90.1 Å². The Balaban J connectivity index is 0.00000109. The second-order valence-corrected chi connectivity index (χ2v) is 13.0. The summed E-state index contributed by atoms with van der Waals surface area (Å²) >= 11 is 0. The topological polar surface area (TPSA) is 131 Å². The van der Waals surface area contributed by atoms with Gasteiger partial charge in [0.05, 0.1) is 42.1 Å². The zero-order valence-corrected chi connectivity index (χ0v) is 29.7. The molecule has 2 heterocycles. The van der Waals surface area contributed by atoms with Crippen LogP contribution < -0.4 is 29.1 Å². The third kappa shape index (κ3) is 10.6. The van der Waals surface area contributed by atoms with Crippen molar-refractivity contribution in [2.24, 2.45) is 7.05 Å². The molecule has 0 atom stereocenters. The minimum atomic E-state index is -3.92. The summed E-state index contributed by atoms with van der Waals surface area (Å²) in [6.45, 7) is 2.21. The Labute approximate surface area is 295 Å². The molecule has 0 saturated heterocycles. The third-order valence-electron chi connectivity index (χ3n) is 7.72. The van der Waals surface area contributed by atoms with Gasteiger partial charge in [-0.1, -0.05) is 0 Å². The van der Waals surface area contributed by atoms with Gasteiger partial charge in [0.15, 0.2) is 12.4 Å². The summed E-state index contributed by atoms with van der Waals surface area (Å²) in [5, 5.41) is 0.257. The Morgan fingerprint density at radius 3 is 2.14 bits per heavy atom. The van der Waals surface area contributed by atoms with E-state index in [1.54, 1.807) is 55.0 Å². The van der Waals surface area contributed by atoms with E-state index >= 15 is 0 Å². The van der Waals surface area contributed by atoms with Gasteiger partial charge in [0.2, 0.25) is 5.43 Å². The third-order valence-corrected chi connectivity index (χ3v) is 7.72. The summed E-state index contributed by atoms with van der Waals surface area (Å²) in [4.78, 5) is 28.8. The van der Waals surface area contributed by atoms with E-state index in [-0.39, 0.29) is 23.2 Å². The molecule has 0 aliphatic heterocycles. The molecule has 11 nitrogen and oxygen atoms in total. The number of pyridine rings is 2. The predicted molar refractivity (Wildman–Crippen MR) is 188 cm³/mol. The molecule has 0 fully saturated rings. The maximum atomic E-state index is 14.1. The lowest BCUT2D eigenvalue weighted by atomic mass is 10.1. The molecule has 0 bridgehead atoms. The summed E-state index contributed by atoms with van der Waals surface area (Å²) < 4.78 is 76.2. The zero-order chi connectivity index (χ0) is 37.3. The second kappa shape index (κ2) is 17.1. The zero-order valence-electron chi connectivity index (χ0n) is 28.9. The Morgan fingerprint density at radius 2 is 1.53 bits per heavy atom. The average molecular weight is 724 g/mol. The van der Waals surface area contributed by atoms with Crippen molar-refractivity contribution in [3.63, 3.8) is 0 Å². The Kier molecular flexibility index (Phi) is 12.9. The molecule has 5 aromatic rings. The summed E-state index contributed by atoms with van der Waals surface area (Å²) in [5.41, 5.74) is 1.61. The number of ether oxygens (including phenoxy) is 3. The highest BCUT2D eigenvalue weighted by molar-refractivity contribution is 7.84. The van der Waals surface area contributed by atoms with Crippen molar-refractivity contribution in [2.75, 3.05) is 38.5 Å². The van der Waals surface area contributed by atoms with E-state index < -0.39 is 33.1 Å². The SMILES string of the molecule is CCN(C(=O)c1cn(-c2cc(OC)cc(OCCCCc3cc[n+](C)cc3)c2)c2cc(OC)ccc2c1=O)c1cc(F)cc(F)c1.CS(=O)(=O)[O-]. The number of rotatable bonds is 12. The number of hydrogen-bond acceptors (Lipinski definition) is 8. The van der Waals surface area contributed by atoms with Crippen molar-refractivity contribution in [1.82, 2.24) is 4.57 Å². The van der Waals surface area contributed by atoms with Crippen LogP contribution >= 0.6 is 0 Å². The van der Waals surface area contributed by atoms with Gasteiger partial charge < -0.3 is 28.2 Å². The van der Waals surface area contributed by atoms with Crippen LogP contribution in [-0.4, -0.2) is 57.1 Å². The number of hydrogen-bond donors (Lipinski definition) is 0. The van der Waals surface area contributed by atoms with Crippen LogP contribution in [0.1, 0.15) is 35.7 Å². The van der Waals surface area contributed by atoms with E-state index in [0.717, 1.165) is 42.4 Å². The highest BCUT2D eigenvalue weighted by atomic mass is 32.2. The molecule has 0 spiro atoms. The summed E-state index contributed by atoms with van der Waals surface area (Å²) in [6.07, 6.45) is 8.81. The first-order chi connectivity index (χ1) is 24.2. The van der Waals surface area contributed by atoms with Crippen LogP contribution in [0, 0.1) is 11.6 Å². The van der Waals surface area contributed by atoms with Gasteiger partial charge >= 0.3 is 0 Å². The van der Waals surface area contributed by atoms with Crippen LogP contribution in [-0.2, 0) is 23.6 Å². The fourth-order valence-electron chi connectivity index (χ4n) is 5.30. The maximum Gasteiger partial charge on any atom is 0.263 e. The van der Waals surface area contributed by atoms with Crippen LogP contribution in [0.5, 0.6) is 17.2 Å².